The lowest BCUT2D eigenvalue weighted by molar-refractivity contribution is -0.0586. The van der Waals surface area contributed by atoms with Gasteiger partial charge < -0.3 is 19.4 Å². The van der Waals surface area contributed by atoms with E-state index in [0.29, 0.717) is 42.2 Å². The highest BCUT2D eigenvalue weighted by molar-refractivity contribution is 6.01. The standard InChI is InChI=1S/C16H24N2O4/c1-6-21-16(20)14-11(4)13(12(5)17-14)15(19)18-7-9(2)22-10(3)8-18/h9-10,17H,6-8H2,1-5H3. The van der Waals surface area contributed by atoms with Crippen molar-refractivity contribution in [1.82, 2.24) is 9.88 Å². The van der Waals surface area contributed by atoms with Crippen LogP contribution < -0.4 is 0 Å². The van der Waals surface area contributed by atoms with Crippen LogP contribution in [0.1, 0.15) is 52.9 Å². The minimum atomic E-state index is -0.425. The fourth-order valence-electron chi connectivity index (χ4n) is 2.98. The van der Waals surface area contributed by atoms with E-state index in [1.807, 2.05) is 13.8 Å². The smallest absolute Gasteiger partial charge is 0.355 e. The van der Waals surface area contributed by atoms with Gasteiger partial charge in [0.05, 0.1) is 24.4 Å². The Morgan fingerprint density at radius 3 is 2.41 bits per heavy atom. The van der Waals surface area contributed by atoms with E-state index in [4.69, 9.17) is 9.47 Å². The van der Waals surface area contributed by atoms with Crippen molar-refractivity contribution in [2.75, 3.05) is 19.7 Å². The number of nitrogens with zero attached hydrogens (tertiary/aromatic N) is 1. The molecule has 1 N–H and O–H groups in total. The van der Waals surface area contributed by atoms with Gasteiger partial charge in [-0.05, 0) is 40.2 Å². The number of ether oxygens (including phenoxy) is 2. The second kappa shape index (κ2) is 6.52. The number of H-pyrrole nitrogens is 1. The Morgan fingerprint density at radius 2 is 1.86 bits per heavy atom. The molecule has 2 rings (SSSR count). The quantitative estimate of drug-likeness (QED) is 0.868. The Labute approximate surface area is 130 Å². The SMILES string of the molecule is CCOC(=O)c1[nH]c(C)c(C(=O)N2CC(C)OC(C)C2)c1C. The van der Waals surface area contributed by atoms with Crippen LogP contribution in [0.4, 0.5) is 0 Å². The molecule has 1 amide bonds. The van der Waals surface area contributed by atoms with Gasteiger partial charge >= 0.3 is 5.97 Å². The van der Waals surface area contributed by atoms with E-state index in [9.17, 15) is 9.59 Å². The van der Waals surface area contributed by atoms with Crippen LogP contribution in [0, 0.1) is 13.8 Å². The Hall–Kier alpha value is -1.82. The van der Waals surface area contributed by atoms with Crippen molar-refractivity contribution < 1.29 is 19.1 Å². The summed E-state index contributed by atoms with van der Waals surface area (Å²) in [6.07, 6.45) is 0.0218. The molecule has 6 heteroatoms. The molecular formula is C16H24N2O4. The lowest BCUT2D eigenvalue weighted by atomic mass is 10.1. The maximum atomic E-state index is 12.8. The van der Waals surface area contributed by atoms with Gasteiger partial charge in [-0.15, -0.1) is 0 Å². The molecule has 1 aromatic rings. The van der Waals surface area contributed by atoms with Crippen molar-refractivity contribution in [1.29, 1.82) is 0 Å². The van der Waals surface area contributed by atoms with E-state index in [2.05, 4.69) is 4.98 Å². The van der Waals surface area contributed by atoms with E-state index >= 15 is 0 Å². The predicted octanol–water partition coefficient (Wildman–Crippen LogP) is 2.06. The topological polar surface area (TPSA) is 71.6 Å². The highest BCUT2D eigenvalue weighted by Gasteiger charge is 2.30. The van der Waals surface area contributed by atoms with Crippen LogP contribution in [0.25, 0.3) is 0 Å². The zero-order valence-electron chi connectivity index (χ0n) is 13.9. The first kappa shape index (κ1) is 16.5. The van der Waals surface area contributed by atoms with E-state index < -0.39 is 5.97 Å². The van der Waals surface area contributed by atoms with Crippen LogP contribution in [-0.2, 0) is 9.47 Å². The molecule has 0 aromatic carbocycles. The Balaban J connectivity index is 2.28. The third-order valence-corrected chi connectivity index (χ3v) is 3.84. The fraction of sp³-hybridized carbons (Fsp3) is 0.625. The first-order chi connectivity index (χ1) is 10.3. The highest BCUT2D eigenvalue weighted by atomic mass is 16.5. The first-order valence-electron chi connectivity index (χ1n) is 7.66. The van der Waals surface area contributed by atoms with Crippen LogP contribution in [0.2, 0.25) is 0 Å². The monoisotopic (exact) mass is 308 g/mol. The number of esters is 1. The number of aromatic amines is 1. The van der Waals surface area contributed by atoms with E-state index in [0.717, 1.165) is 0 Å². The first-order valence-corrected chi connectivity index (χ1v) is 7.66. The molecular weight excluding hydrogens is 284 g/mol. The normalized spacial score (nSPS) is 21.8. The number of nitrogens with one attached hydrogen (secondary N) is 1. The third kappa shape index (κ3) is 3.16. The van der Waals surface area contributed by atoms with Gasteiger partial charge in [0.1, 0.15) is 5.69 Å². The maximum absolute atomic E-state index is 12.8. The molecule has 2 atom stereocenters. The van der Waals surface area contributed by atoms with Crippen LogP contribution in [0.5, 0.6) is 0 Å². The summed E-state index contributed by atoms with van der Waals surface area (Å²) in [5.41, 5.74) is 2.26. The summed E-state index contributed by atoms with van der Waals surface area (Å²) in [5, 5.41) is 0. The number of rotatable bonds is 3. The number of aromatic nitrogens is 1. The number of hydrogen-bond acceptors (Lipinski definition) is 4. The Bertz CT molecular complexity index is 569. The van der Waals surface area contributed by atoms with E-state index in [1.54, 1.807) is 25.7 Å². The number of aryl methyl sites for hydroxylation is 1. The molecule has 2 heterocycles. The van der Waals surface area contributed by atoms with Gasteiger partial charge in [0, 0.05) is 18.8 Å². The number of hydrogen-bond donors (Lipinski definition) is 1. The summed E-state index contributed by atoms with van der Waals surface area (Å²) in [5.74, 6) is -0.491. The summed E-state index contributed by atoms with van der Waals surface area (Å²) in [6, 6.07) is 0. The molecule has 0 bridgehead atoms. The molecule has 1 fully saturated rings. The zero-order valence-corrected chi connectivity index (χ0v) is 13.9. The van der Waals surface area contributed by atoms with Gasteiger partial charge in [-0.3, -0.25) is 4.79 Å². The van der Waals surface area contributed by atoms with Crippen LogP contribution in [0.3, 0.4) is 0 Å². The molecule has 1 saturated heterocycles. The predicted molar refractivity (Wildman–Crippen MR) is 82.1 cm³/mol. The van der Waals surface area contributed by atoms with Gasteiger partial charge in [-0.2, -0.15) is 0 Å². The van der Waals surface area contributed by atoms with Gasteiger partial charge in [0.2, 0.25) is 0 Å². The van der Waals surface area contributed by atoms with Gasteiger partial charge in [0.25, 0.3) is 5.91 Å². The summed E-state index contributed by atoms with van der Waals surface area (Å²) >= 11 is 0. The lowest BCUT2D eigenvalue weighted by Crippen LogP contribution is -2.48. The maximum Gasteiger partial charge on any atom is 0.355 e. The number of carbonyl (C=O) groups is 2. The molecule has 1 aliphatic heterocycles. The molecule has 1 aliphatic rings. The average molecular weight is 308 g/mol. The molecule has 0 saturated carbocycles. The van der Waals surface area contributed by atoms with Crippen LogP contribution in [0.15, 0.2) is 0 Å². The van der Waals surface area contributed by atoms with Crippen molar-refractivity contribution >= 4 is 11.9 Å². The Kier molecular flexibility index (Phi) is 4.90. The molecule has 6 nitrogen and oxygen atoms in total. The second-order valence-electron chi connectivity index (χ2n) is 5.81. The third-order valence-electron chi connectivity index (χ3n) is 3.84. The van der Waals surface area contributed by atoms with Crippen molar-refractivity contribution in [3.63, 3.8) is 0 Å². The van der Waals surface area contributed by atoms with Crippen molar-refractivity contribution in [3.05, 3.63) is 22.5 Å². The van der Waals surface area contributed by atoms with E-state index in [-0.39, 0.29) is 18.1 Å². The number of morpholine rings is 1. The largest absolute Gasteiger partial charge is 0.461 e. The minimum absolute atomic E-state index is 0.0109. The van der Waals surface area contributed by atoms with Crippen LogP contribution >= 0.6 is 0 Å². The minimum Gasteiger partial charge on any atom is -0.461 e. The molecule has 2 unspecified atom stereocenters. The van der Waals surface area contributed by atoms with Gasteiger partial charge in [0.15, 0.2) is 0 Å². The summed E-state index contributed by atoms with van der Waals surface area (Å²) < 4.78 is 10.7. The summed E-state index contributed by atoms with van der Waals surface area (Å²) in [7, 11) is 0. The molecule has 22 heavy (non-hydrogen) atoms. The zero-order chi connectivity index (χ0) is 16.4. The lowest BCUT2D eigenvalue weighted by Gasteiger charge is -2.35. The van der Waals surface area contributed by atoms with E-state index in [1.165, 1.54) is 0 Å². The second-order valence-corrected chi connectivity index (χ2v) is 5.81. The molecule has 1 aromatic heterocycles. The van der Waals surface area contributed by atoms with Crippen molar-refractivity contribution in [3.8, 4) is 0 Å². The molecule has 122 valence electrons. The Morgan fingerprint density at radius 1 is 1.27 bits per heavy atom. The molecule has 0 spiro atoms. The highest BCUT2D eigenvalue weighted by Crippen LogP contribution is 2.22. The summed E-state index contributed by atoms with van der Waals surface area (Å²) in [6.45, 7) is 10.7. The van der Waals surface area contributed by atoms with Crippen LogP contribution in [-0.4, -0.2) is 53.7 Å². The number of carbonyl (C=O) groups excluding carboxylic acids is 2. The number of amides is 1. The van der Waals surface area contributed by atoms with Gasteiger partial charge in [-0.25, -0.2) is 4.79 Å². The van der Waals surface area contributed by atoms with Crippen molar-refractivity contribution in [2.24, 2.45) is 0 Å². The fourth-order valence-corrected chi connectivity index (χ4v) is 2.98. The average Bonchev–Trinajstić information content (AvgIpc) is 2.72. The molecule has 0 aliphatic carbocycles. The molecule has 0 radical (unpaired) electrons. The van der Waals surface area contributed by atoms with Crippen molar-refractivity contribution in [2.45, 2.75) is 46.8 Å². The summed E-state index contributed by atoms with van der Waals surface area (Å²) in [4.78, 5) is 29.5. The van der Waals surface area contributed by atoms with Gasteiger partial charge in [-0.1, -0.05) is 0 Å².